The summed E-state index contributed by atoms with van der Waals surface area (Å²) in [5.41, 5.74) is 3.24. The van der Waals surface area contributed by atoms with Crippen LogP contribution >= 0.6 is 0 Å². The predicted octanol–water partition coefficient (Wildman–Crippen LogP) is 9.41. The second-order valence-corrected chi connectivity index (χ2v) is 19.8. The topological polar surface area (TPSA) is 216 Å². The Kier molecular flexibility index (Phi) is 17.9. The van der Waals surface area contributed by atoms with Crippen LogP contribution in [0.25, 0.3) is 11.1 Å². The molecule has 4 aromatic rings. The summed E-state index contributed by atoms with van der Waals surface area (Å²) in [4.78, 5) is 75.4. The van der Waals surface area contributed by atoms with Crippen molar-refractivity contribution in [3.63, 3.8) is 0 Å². The van der Waals surface area contributed by atoms with Gasteiger partial charge in [-0.25, -0.2) is 14.4 Å². The number of carboxylic acids is 2. The Morgan fingerprint density at radius 3 is 1.54 bits per heavy atom. The highest BCUT2D eigenvalue weighted by atomic mass is 16.6. The summed E-state index contributed by atoms with van der Waals surface area (Å²) < 4.78 is 21.4. The average Bonchev–Trinajstić information content (AvgIpc) is 3.68. The minimum atomic E-state index is -1.47. The number of amides is 3. The first-order valence-electron chi connectivity index (χ1n) is 24.6. The number of carbonyl (C=O) groups excluding carboxylic acids is 4. The van der Waals surface area contributed by atoms with E-state index in [0.717, 1.165) is 51.3 Å². The second kappa shape index (κ2) is 23.8. The molecule has 4 aromatic carbocycles. The predicted molar refractivity (Wildman–Crippen MR) is 267 cm³/mol. The molecule has 15 heteroatoms. The normalized spacial score (nSPS) is 20.8. The maximum atomic E-state index is 13.2. The number of unbranched alkanes of at least 4 members (excludes halogenated alkanes) is 1. The molecular weight excluding hydrogens is 907 g/mol. The number of aliphatic carboxylic acids is 2. The van der Waals surface area contributed by atoms with Crippen molar-refractivity contribution in [1.82, 2.24) is 16.0 Å². The number of hydrogen-bond acceptors (Lipinski definition) is 10. The number of benzene rings is 4. The molecule has 0 heterocycles. The van der Waals surface area contributed by atoms with Gasteiger partial charge in [0.2, 0.25) is 11.8 Å². The number of carboxylic acid groups (broad SMARTS) is 2. The molecule has 3 aliphatic rings. The van der Waals surface area contributed by atoms with Crippen molar-refractivity contribution in [3.05, 3.63) is 119 Å². The second-order valence-electron chi connectivity index (χ2n) is 19.8. The van der Waals surface area contributed by atoms with Gasteiger partial charge in [-0.05, 0) is 148 Å². The summed E-state index contributed by atoms with van der Waals surface area (Å²) >= 11 is 0. The van der Waals surface area contributed by atoms with E-state index >= 15 is 0 Å². The van der Waals surface area contributed by atoms with E-state index in [9.17, 15) is 39.0 Å². The van der Waals surface area contributed by atoms with Gasteiger partial charge in [-0.1, -0.05) is 86.1 Å². The lowest BCUT2D eigenvalue weighted by atomic mass is 9.74. The van der Waals surface area contributed by atoms with E-state index in [1.807, 2.05) is 79.7 Å². The maximum Gasteiger partial charge on any atom is 0.408 e. The molecule has 3 amide bonds. The number of methoxy groups -OCH3 is 2. The summed E-state index contributed by atoms with van der Waals surface area (Å²) in [5.74, 6) is -1.98. The van der Waals surface area contributed by atoms with Crippen LogP contribution in [-0.2, 0) is 33.4 Å². The van der Waals surface area contributed by atoms with Gasteiger partial charge in [0.1, 0.15) is 40.8 Å². The van der Waals surface area contributed by atoms with E-state index in [1.165, 1.54) is 0 Å². The highest BCUT2D eigenvalue weighted by Gasteiger charge is 2.46. The first-order chi connectivity index (χ1) is 33.9. The number of carbonyl (C=O) groups is 6. The Labute approximate surface area is 416 Å². The van der Waals surface area contributed by atoms with Gasteiger partial charge in [-0.3, -0.25) is 14.4 Å². The zero-order valence-electron chi connectivity index (χ0n) is 41.7. The molecule has 0 aliphatic heterocycles. The maximum absolute atomic E-state index is 13.2. The van der Waals surface area contributed by atoms with Crippen molar-refractivity contribution >= 4 is 35.8 Å². The van der Waals surface area contributed by atoms with Crippen LogP contribution in [0.3, 0.4) is 0 Å². The number of esters is 1. The number of hydrogen-bond donors (Lipinski definition) is 5. The van der Waals surface area contributed by atoms with Crippen LogP contribution in [0.4, 0.5) is 4.79 Å². The van der Waals surface area contributed by atoms with Gasteiger partial charge >= 0.3 is 24.0 Å². The molecule has 1 atom stereocenters. The highest BCUT2D eigenvalue weighted by molar-refractivity contribution is 5.94. The van der Waals surface area contributed by atoms with E-state index in [0.29, 0.717) is 44.9 Å². The van der Waals surface area contributed by atoms with Gasteiger partial charge in [0.05, 0.1) is 20.6 Å². The lowest BCUT2D eigenvalue weighted by Crippen LogP contribution is -2.60. The molecule has 5 N–H and O–H groups in total. The largest absolute Gasteiger partial charge is 0.497 e. The fraction of sp³-hybridized carbons (Fsp3) is 0.464. The number of alkyl carbamates (subject to hydrolysis) is 1. The molecule has 3 aliphatic carbocycles. The van der Waals surface area contributed by atoms with Crippen molar-refractivity contribution in [2.75, 3.05) is 20.8 Å². The van der Waals surface area contributed by atoms with E-state index in [-0.39, 0.29) is 56.0 Å². The number of rotatable bonds is 17. The van der Waals surface area contributed by atoms with E-state index in [2.05, 4.69) is 40.2 Å². The minimum Gasteiger partial charge on any atom is -0.497 e. The molecule has 7 rings (SSSR count). The fourth-order valence-electron chi connectivity index (χ4n) is 9.94. The van der Waals surface area contributed by atoms with Crippen molar-refractivity contribution in [2.45, 2.75) is 145 Å². The third-order valence-electron chi connectivity index (χ3n) is 13.9. The van der Waals surface area contributed by atoms with Crippen molar-refractivity contribution < 1.29 is 57.9 Å². The number of fused-ring (bicyclic) bond motifs is 3. The first kappa shape index (κ1) is 53.5. The summed E-state index contributed by atoms with van der Waals surface area (Å²) in [6.07, 6.45) is 4.21. The van der Waals surface area contributed by atoms with Gasteiger partial charge in [0, 0.05) is 12.3 Å². The van der Waals surface area contributed by atoms with Gasteiger partial charge in [0.25, 0.3) is 0 Å². The summed E-state index contributed by atoms with van der Waals surface area (Å²) in [7, 11) is 3.23. The van der Waals surface area contributed by atoms with Gasteiger partial charge in [0.15, 0.2) is 0 Å². The molecule has 2 saturated carbocycles. The summed E-state index contributed by atoms with van der Waals surface area (Å²) in [5, 5.41) is 28.1. The van der Waals surface area contributed by atoms with E-state index < -0.39 is 52.6 Å². The third kappa shape index (κ3) is 13.7. The van der Waals surface area contributed by atoms with Crippen LogP contribution in [0.5, 0.6) is 11.5 Å². The molecular formula is C56H69N3O12. The molecule has 2 fully saturated rings. The molecule has 0 saturated heterocycles. The van der Waals surface area contributed by atoms with Crippen LogP contribution in [0.15, 0.2) is 97.1 Å². The zero-order valence-corrected chi connectivity index (χ0v) is 41.7. The smallest absolute Gasteiger partial charge is 0.408 e. The molecule has 15 nitrogen and oxygen atoms in total. The third-order valence-corrected chi connectivity index (χ3v) is 13.9. The Morgan fingerprint density at radius 1 is 0.662 bits per heavy atom. The molecule has 0 bridgehead atoms. The van der Waals surface area contributed by atoms with Gasteiger partial charge in [-0.2, -0.15) is 0 Å². The standard InChI is InChI=1S/C29H29NO5.C27H40N2O7/c1-34-21-12-10-19(11-13-21)20-14-16-29(17-15-20,27(31)32)30-28(33)35-18-26-24-8-4-2-6-22(24)23-7-3-5-9-25(23)26;1-6-7-8-22(30)28-21(17-23(31)36-26(2,3)4)24(32)29-27(25(33)34)15-13-19(14-16-27)18-9-11-20(35-5)12-10-18/h2-13,20,26H,14-18H2,1H3,(H,30,33)(H,31,32);9-12,19,21H,6-8,13-17H2,1-5H3,(H,28,30)(H,29,32)(H,33,34)/t;19?,21-,27?/m.0/s1. The number of nitrogens with one attached hydrogen (secondary N) is 3. The first-order valence-corrected chi connectivity index (χ1v) is 24.6. The lowest BCUT2D eigenvalue weighted by molar-refractivity contribution is -0.157. The highest BCUT2D eigenvalue weighted by Crippen LogP contribution is 2.45. The molecule has 0 aromatic heterocycles. The van der Waals surface area contributed by atoms with Gasteiger partial charge < -0.3 is 45.1 Å². The van der Waals surface area contributed by atoms with Crippen LogP contribution in [0.1, 0.15) is 145 Å². The SMILES string of the molecule is CCCCC(=O)N[C@@H](CC(=O)OC(C)(C)C)C(=O)NC1(C(=O)O)CCC(c2ccc(OC)cc2)CC1.COc1ccc(C2CCC(NC(=O)OCC3c4ccccc4-c4ccccc43)(C(=O)O)CC2)cc1. The lowest BCUT2D eigenvalue weighted by Gasteiger charge is -2.38. The van der Waals surface area contributed by atoms with E-state index in [1.54, 1.807) is 35.0 Å². The Hall–Kier alpha value is -6.90. The minimum absolute atomic E-state index is 0.0697. The van der Waals surface area contributed by atoms with Crippen molar-refractivity contribution in [2.24, 2.45) is 0 Å². The Balaban J connectivity index is 0.000000232. The van der Waals surface area contributed by atoms with Crippen LogP contribution < -0.4 is 25.4 Å². The summed E-state index contributed by atoms with van der Waals surface area (Å²) in [6, 6.07) is 30.6. The van der Waals surface area contributed by atoms with Crippen LogP contribution in [-0.4, -0.2) is 89.6 Å². The zero-order chi connectivity index (χ0) is 51.3. The number of ether oxygens (including phenoxy) is 4. The summed E-state index contributed by atoms with van der Waals surface area (Å²) in [6.45, 7) is 7.22. The van der Waals surface area contributed by atoms with Crippen molar-refractivity contribution in [3.8, 4) is 22.6 Å². The molecule has 0 unspecified atom stereocenters. The van der Waals surface area contributed by atoms with Crippen LogP contribution in [0.2, 0.25) is 0 Å². The average molecular weight is 976 g/mol. The Morgan fingerprint density at radius 2 is 1.11 bits per heavy atom. The fourth-order valence-corrected chi connectivity index (χ4v) is 9.94. The molecule has 380 valence electrons. The van der Waals surface area contributed by atoms with Gasteiger partial charge in [-0.15, -0.1) is 0 Å². The molecule has 0 radical (unpaired) electrons. The van der Waals surface area contributed by atoms with Crippen LogP contribution in [0, 0.1) is 0 Å². The molecule has 71 heavy (non-hydrogen) atoms. The van der Waals surface area contributed by atoms with Crippen molar-refractivity contribution in [1.29, 1.82) is 0 Å². The van der Waals surface area contributed by atoms with E-state index in [4.69, 9.17) is 18.9 Å². The Bertz CT molecular complexity index is 2440. The molecule has 0 spiro atoms. The quantitative estimate of drug-likeness (QED) is 0.0626. The monoisotopic (exact) mass is 975 g/mol.